The molecule has 3 aromatic rings. The monoisotopic (exact) mass is 375 g/mol. The third-order valence-electron chi connectivity index (χ3n) is 3.33. The zero-order chi connectivity index (χ0) is 18.0. The summed E-state index contributed by atoms with van der Waals surface area (Å²) in [6.07, 6.45) is 8.07. The standard InChI is InChI=1S/C16H10ClN3O4S/c1-2-7-24-15(23)13(21)12-14(22)19-6-4-3-5-11(19)20(12)9-10-8-18-16(17)25-10/h1,3-6,8H,7,9H2. The Kier molecular flexibility index (Phi) is 4.70. The lowest BCUT2D eigenvalue weighted by Crippen LogP contribution is -2.26. The zero-order valence-corrected chi connectivity index (χ0v) is 14.2. The van der Waals surface area contributed by atoms with Gasteiger partial charge >= 0.3 is 11.8 Å². The predicted molar refractivity (Wildman–Crippen MR) is 87.4 cm³/mol. The van der Waals surface area contributed by atoms with Crippen molar-refractivity contribution in [3.8, 4) is 18.2 Å². The van der Waals surface area contributed by atoms with Gasteiger partial charge in [-0.05, 0) is 6.07 Å². The van der Waals surface area contributed by atoms with Crippen molar-refractivity contribution >= 4 is 40.3 Å². The highest BCUT2D eigenvalue weighted by atomic mass is 35.5. The van der Waals surface area contributed by atoms with Crippen LogP contribution in [0.5, 0.6) is 5.88 Å². The molecule has 0 atom stereocenters. The normalized spacial score (nSPS) is 10.6. The predicted octanol–water partition coefficient (Wildman–Crippen LogP) is 0.818. The maximum absolute atomic E-state index is 12.6. The average molecular weight is 376 g/mol. The summed E-state index contributed by atoms with van der Waals surface area (Å²) in [5.74, 6) is -0.755. The maximum atomic E-state index is 12.6. The second kappa shape index (κ2) is 6.93. The fourth-order valence-electron chi connectivity index (χ4n) is 2.33. The Morgan fingerprint density at radius 1 is 1.48 bits per heavy atom. The van der Waals surface area contributed by atoms with E-state index in [-0.39, 0.29) is 18.8 Å². The van der Waals surface area contributed by atoms with Crippen LogP contribution in [0.25, 0.3) is 5.65 Å². The van der Waals surface area contributed by atoms with Crippen LogP contribution in [-0.2, 0) is 16.1 Å². The molecule has 0 aliphatic carbocycles. The molecule has 0 unspecified atom stereocenters. The number of fused-ring (bicyclic) bond motifs is 1. The van der Waals surface area contributed by atoms with E-state index in [2.05, 4.69) is 15.6 Å². The summed E-state index contributed by atoms with van der Waals surface area (Å²) >= 11 is 7.04. The van der Waals surface area contributed by atoms with Crippen LogP contribution in [0.3, 0.4) is 0 Å². The third-order valence-corrected chi connectivity index (χ3v) is 4.43. The molecule has 0 aromatic carbocycles. The zero-order valence-electron chi connectivity index (χ0n) is 12.6. The van der Waals surface area contributed by atoms with Gasteiger partial charge in [0.2, 0.25) is 5.69 Å². The number of halogens is 1. The largest absolute Gasteiger partial charge is 0.839 e. The number of Topliss-reactive ketones (excluding diaryl/α,β-unsaturated/α-hetero) is 1. The van der Waals surface area contributed by atoms with Gasteiger partial charge in [-0.2, -0.15) is 0 Å². The Bertz CT molecular complexity index is 1020. The maximum Gasteiger partial charge on any atom is 0.384 e. The molecular formula is C16H10ClN3O4S. The topological polar surface area (TPSA) is 88.4 Å². The van der Waals surface area contributed by atoms with Crippen LogP contribution in [0, 0.1) is 12.3 Å². The molecule has 3 heterocycles. The summed E-state index contributed by atoms with van der Waals surface area (Å²) in [6, 6.07) is 5.02. The number of aromatic nitrogens is 3. The van der Waals surface area contributed by atoms with Crippen LogP contribution < -0.4 is 9.51 Å². The van der Waals surface area contributed by atoms with Gasteiger partial charge in [0.05, 0.1) is 11.1 Å². The molecule has 0 saturated heterocycles. The number of carbonyl (C=O) groups excluding carboxylic acids is 2. The molecule has 25 heavy (non-hydrogen) atoms. The quantitative estimate of drug-likeness (QED) is 0.216. The van der Waals surface area contributed by atoms with Gasteiger partial charge in [0, 0.05) is 12.3 Å². The summed E-state index contributed by atoms with van der Waals surface area (Å²) in [5.41, 5.74) is 0.142. The minimum absolute atomic E-state index is 0.156. The SMILES string of the molecule is C#CCOC(=O)C(=O)c1c([O-])[n+]2ccccc2n1Cc1cnc(Cl)s1. The second-order valence-electron chi connectivity index (χ2n) is 4.86. The van der Waals surface area contributed by atoms with E-state index in [1.807, 2.05) is 0 Å². The van der Waals surface area contributed by atoms with Gasteiger partial charge in [-0.15, -0.1) is 17.8 Å². The van der Waals surface area contributed by atoms with E-state index in [0.29, 0.717) is 10.1 Å². The highest BCUT2D eigenvalue weighted by Gasteiger charge is 2.31. The number of pyridine rings is 1. The van der Waals surface area contributed by atoms with Crippen LogP contribution in [-0.4, -0.2) is 27.9 Å². The van der Waals surface area contributed by atoms with Crippen molar-refractivity contribution in [2.75, 3.05) is 6.61 Å². The van der Waals surface area contributed by atoms with Crippen molar-refractivity contribution < 1.29 is 23.8 Å². The van der Waals surface area contributed by atoms with E-state index in [1.54, 1.807) is 24.4 Å². The molecule has 3 aromatic heterocycles. The number of nitrogens with zero attached hydrogens (tertiary/aromatic N) is 3. The van der Waals surface area contributed by atoms with Gasteiger partial charge in [-0.3, -0.25) is 4.79 Å². The molecule has 7 nitrogen and oxygen atoms in total. The molecule has 0 N–H and O–H groups in total. The number of carbonyl (C=O) groups is 2. The first-order chi connectivity index (χ1) is 12.0. The molecule has 3 rings (SSSR count). The van der Waals surface area contributed by atoms with Gasteiger partial charge in [-0.1, -0.05) is 23.6 Å². The van der Waals surface area contributed by atoms with Crippen molar-refractivity contribution in [2.45, 2.75) is 6.54 Å². The number of hydrogen-bond donors (Lipinski definition) is 0. The van der Waals surface area contributed by atoms with Crippen LogP contribution in [0.2, 0.25) is 4.47 Å². The van der Waals surface area contributed by atoms with Gasteiger partial charge in [0.1, 0.15) is 12.4 Å². The molecule has 126 valence electrons. The number of hydrogen-bond acceptors (Lipinski definition) is 6. The first kappa shape index (κ1) is 17.0. The Morgan fingerprint density at radius 3 is 2.96 bits per heavy atom. The van der Waals surface area contributed by atoms with Crippen molar-refractivity contribution in [3.63, 3.8) is 0 Å². The summed E-state index contributed by atoms with van der Waals surface area (Å²) in [7, 11) is 0. The molecule has 0 saturated carbocycles. The Labute approximate surface area is 151 Å². The number of terminal acetylenes is 1. The van der Waals surface area contributed by atoms with Crippen LogP contribution in [0.15, 0.2) is 30.6 Å². The van der Waals surface area contributed by atoms with Crippen molar-refractivity contribution in [3.05, 3.63) is 45.6 Å². The van der Waals surface area contributed by atoms with Crippen LogP contribution in [0.1, 0.15) is 15.4 Å². The number of imidazole rings is 1. The first-order valence-electron chi connectivity index (χ1n) is 6.98. The smallest absolute Gasteiger partial charge is 0.384 e. The van der Waals surface area contributed by atoms with E-state index in [0.717, 1.165) is 4.88 Å². The molecule has 0 amide bonds. The minimum atomic E-state index is -1.18. The molecule has 0 radical (unpaired) electrons. The highest BCUT2D eigenvalue weighted by Crippen LogP contribution is 2.23. The first-order valence-corrected chi connectivity index (χ1v) is 8.17. The van der Waals surface area contributed by atoms with Crippen molar-refractivity contribution in [2.24, 2.45) is 0 Å². The van der Waals surface area contributed by atoms with Gasteiger partial charge in [0.15, 0.2) is 11.1 Å². The number of ketones is 1. The lowest BCUT2D eigenvalue weighted by Gasteiger charge is -2.04. The van der Waals surface area contributed by atoms with Crippen LogP contribution in [0.4, 0.5) is 0 Å². The number of thiazole rings is 1. The highest BCUT2D eigenvalue weighted by molar-refractivity contribution is 7.15. The van der Waals surface area contributed by atoms with E-state index < -0.39 is 17.6 Å². The molecule has 0 spiro atoms. The lowest BCUT2D eigenvalue weighted by atomic mass is 10.3. The summed E-state index contributed by atoms with van der Waals surface area (Å²) in [6.45, 7) is -0.194. The van der Waals surface area contributed by atoms with Gasteiger partial charge < -0.3 is 9.84 Å². The van der Waals surface area contributed by atoms with E-state index in [1.165, 1.54) is 26.5 Å². The molecular weight excluding hydrogens is 366 g/mol. The molecule has 0 fully saturated rings. The average Bonchev–Trinajstić information content (AvgIpc) is 3.14. The molecule has 9 heteroatoms. The fourth-order valence-corrected chi connectivity index (χ4v) is 3.30. The lowest BCUT2D eigenvalue weighted by molar-refractivity contribution is -0.582. The van der Waals surface area contributed by atoms with E-state index in [4.69, 9.17) is 18.0 Å². The Balaban J connectivity index is 2.11. The molecule has 0 bridgehead atoms. The van der Waals surface area contributed by atoms with E-state index >= 15 is 0 Å². The van der Waals surface area contributed by atoms with E-state index in [9.17, 15) is 14.7 Å². The van der Waals surface area contributed by atoms with Crippen molar-refractivity contribution in [1.82, 2.24) is 9.55 Å². The van der Waals surface area contributed by atoms with Crippen molar-refractivity contribution in [1.29, 1.82) is 0 Å². The number of rotatable bonds is 5. The Morgan fingerprint density at radius 2 is 2.28 bits per heavy atom. The Hall–Kier alpha value is -2.89. The fraction of sp³-hybridized carbons (Fsp3) is 0.125. The minimum Gasteiger partial charge on any atom is -0.839 e. The number of esters is 1. The van der Waals surface area contributed by atoms with Gasteiger partial charge in [-0.25, -0.2) is 18.7 Å². The summed E-state index contributed by atoms with van der Waals surface area (Å²) in [4.78, 5) is 29.0. The molecule has 0 aliphatic rings. The number of ether oxygens (including phenoxy) is 1. The molecule has 0 aliphatic heterocycles. The summed E-state index contributed by atoms with van der Waals surface area (Å²) in [5, 5.41) is 12.6. The second-order valence-corrected chi connectivity index (χ2v) is 6.55. The summed E-state index contributed by atoms with van der Waals surface area (Å²) < 4.78 is 7.70. The third kappa shape index (κ3) is 3.20. The van der Waals surface area contributed by atoms with Gasteiger partial charge in [0.25, 0.3) is 5.65 Å². The van der Waals surface area contributed by atoms with Crippen LogP contribution >= 0.6 is 22.9 Å².